The van der Waals surface area contributed by atoms with Crippen molar-refractivity contribution in [2.24, 2.45) is 5.84 Å². The first-order valence-electron chi connectivity index (χ1n) is 6.50. The van der Waals surface area contributed by atoms with Gasteiger partial charge >= 0.3 is 0 Å². The molecule has 0 aliphatic carbocycles. The van der Waals surface area contributed by atoms with E-state index in [4.69, 9.17) is 11.6 Å². The topological polar surface area (TPSA) is 93.1 Å². The largest absolute Gasteiger partial charge is 0.368 e. The number of anilines is 3. The van der Waals surface area contributed by atoms with Crippen LogP contribution in [0.3, 0.4) is 0 Å². The van der Waals surface area contributed by atoms with Crippen molar-refractivity contribution in [1.29, 1.82) is 0 Å². The van der Waals surface area contributed by atoms with Gasteiger partial charge < -0.3 is 16.1 Å². The molecule has 0 amide bonds. The van der Waals surface area contributed by atoms with Gasteiger partial charge in [0.1, 0.15) is 11.6 Å². The van der Waals surface area contributed by atoms with Gasteiger partial charge in [0.05, 0.1) is 0 Å². The highest BCUT2D eigenvalue weighted by Crippen LogP contribution is 2.20. The molecule has 0 aliphatic heterocycles. The van der Waals surface area contributed by atoms with Crippen LogP contribution < -0.4 is 21.9 Å². The van der Waals surface area contributed by atoms with E-state index in [2.05, 4.69) is 41.1 Å². The van der Waals surface area contributed by atoms with Gasteiger partial charge in [-0.25, -0.2) is 5.84 Å². The third kappa shape index (κ3) is 3.73. The van der Waals surface area contributed by atoms with E-state index in [-0.39, 0.29) is 5.95 Å². The standard InChI is InChI=1S/C12H24N6/c1-4-6-7-18(9(3)5-2)11-8-10(17-14)15-12(13)16-11/h8-9H,4-7,14H2,1-3H3,(H3,13,15,16,17). The van der Waals surface area contributed by atoms with Gasteiger partial charge in [0.2, 0.25) is 5.95 Å². The number of nitrogens with zero attached hydrogens (tertiary/aromatic N) is 3. The summed E-state index contributed by atoms with van der Waals surface area (Å²) in [6.45, 7) is 7.49. The second-order valence-electron chi connectivity index (χ2n) is 4.42. The summed E-state index contributed by atoms with van der Waals surface area (Å²) in [7, 11) is 0. The van der Waals surface area contributed by atoms with Gasteiger partial charge in [0.25, 0.3) is 0 Å². The fourth-order valence-electron chi connectivity index (χ4n) is 1.78. The predicted molar refractivity (Wildman–Crippen MR) is 76.3 cm³/mol. The third-order valence-electron chi connectivity index (χ3n) is 3.05. The molecule has 0 aromatic carbocycles. The molecule has 0 fully saturated rings. The van der Waals surface area contributed by atoms with Crippen molar-refractivity contribution < 1.29 is 0 Å². The van der Waals surface area contributed by atoms with Gasteiger partial charge in [0, 0.05) is 18.7 Å². The van der Waals surface area contributed by atoms with Crippen LogP contribution >= 0.6 is 0 Å². The number of hydrazine groups is 1. The van der Waals surface area contributed by atoms with E-state index in [1.54, 1.807) is 0 Å². The van der Waals surface area contributed by atoms with Crippen LogP contribution in [0.1, 0.15) is 40.0 Å². The van der Waals surface area contributed by atoms with Crippen molar-refractivity contribution in [3.8, 4) is 0 Å². The lowest BCUT2D eigenvalue weighted by Gasteiger charge is -2.30. The van der Waals surface area contributed by atoms with E-state index in [1.165, 1.54) is 0 Å². The molecule has 0 spiro atoms. The molecule has 0 saturated carbocycles. The quantitative estimate of drug-likeness (QED) is 0.505. The number of unbranched alkanes of at least 4 members (excludes halogenated alkanes) is 1. The van der Waals surface area contributed by atoms with Crippen molar-refractivity contribution in [3.05, 3.63) is 6.07 Å². The summed E-state index contributed by atoms with van der Waals surface area (Å²) in [5, 5.41) is 0. The molecule has 6 heteroatoms. The summed E-state index contributed by atoms with van der Waals surface area (Å²) in [6.07, 6.45) is 3.33. The van der Waals surface area contributed by atoms with Gasteiger partial charge in [-0.15, -0.1) is 0 Å². The van der Waals surface area contributed by atoms with Crippen LogP contribution in [0.25, 0.3) is 0 Å². The predicted octanol–water partition coefficient (Wildman–Crippen LogP) is 1.75. The molecular formula is C12H24N6. The van der Waals surface area contributed by atoms with E-state index < -0.39 is 0 Å². The van der Waals surface area contributed by atoms with E-state index in [9.17, 15) is 0 Å². The van der Waals surface area contributed by atoms with Crippen molar-refractivity contribution >= 4 is 17.6 Å². The first-order chi connectivity index (χ1) is 8.62. The normalized spacial score (nSPS) is 12.2. The molecule has 1 aromatic heterocycles. The lowest BCUT2D eigenvalue weighted by atomic mass is 10.2. The SMILES string of the molecule is CCCCN(c1cc(NN)nc(N)n1)C(C)CC. The minimum absolute atomic E-state index is 0.241. The molecule has 0 aliphatic rings. The maximum atomic E-state index is 5.70. The second-order valence-corrected chi connectivity index (χ2v) is 4.42. The van der Waals surface area contributed by atoms with E-state index >= 15 is 0 Å². The van der Waals surface area contributed by atoms with Crippen molar-refractivity contribution in [2.75, 3.05) is 22.6 Å². The van der Waals surface area contributed by atoms with Crippen LogP contribution in [-0.4, -0.2) is 22.6 Å². The third-order valence-corrected chi connectivity index (χ3v) is 3.05. The highest BCUT2D eigenvalue weighted by atomic mass is 15.3. The van der Waals surface area contributed by atoms with Crippen LogP contribution in [0.2, 0.25) is 0 Å². The molecule has 0 radical (unpaired) electrons. The molecule has 18 heavy (non-hydrogen) atoms. The molecule has 0 saturated heterocycles. The highest BCUT2D eigenvalue weighted by molar-refractivity contribution is 5.52. The van der Waals surface area contributed by atoms with Gasteiger partial charge in [-0.1, -0.05) is 20.3 Å². The van der Waals surface area contributed by atoms with Gasteiger partial charge in [-0.2, -0.15) is 9.97 Å². The fraction of sp³-hybridized carbons (Fsp3) is 0.667. The lowest BCUT2D eigenvalue weighted by molar-refractivity contribution is 0.589. The Bertz CT molecular complexity index is 368. The molecule has 1 aromatic rings. The second kappa shape index (κ2) is 7.00. The summed E-state index contributed by atoms with van der Waals surface area (Å²) in [6, 6.07) is 2.24. The molecule has 1 unspecified atom stereocenters. The smallest absolute Gasteiger partial charge is 0.223 e. The van der Waals surface area contributed by atoms with Crippen LogP contribution in [-0.2, 0) is 0 Å². The molecule has 1 rings (SSSR count). The Balaban J connectivity index is 2.99. The summed E-state index contributed by atoms with van der Waals surface area (Å²) in [5.41, 5.74) is 8.22. The zero-order valence-corrected chi connectivity index (χ0v) is 11.5. The summed E-state index contributed by atoms with van der Waals surface area (Å²) >= 11 is 0. The minimum Gasteiger partial charge on any atom is -0.368 e. The number of hydrogen-bond donors (Lipinski definition) is 3. The van der Waals surface area contributed by atoms with Crippen molar-refractivity contribution in [2.45, 2.75) is 46.1 Å². The average Bonchev–Trinajstić information content (AvgIpc) is 2.38. The summed E-state index contributed by atoms with van der Waals surface area (Å²) in [5.74, 6) is 7.00. The maximum absolute atomic E-state index is 5.70. The maximum Gasteiger partial charge on any atom is 0.223 e. The summed E-state index contributed by atoms with van der Waals surface area (Å²) in [4.78, 5) is 10.6. The average molecular weight is 252 g/mol. The van der Waals surface area contributed by atoms with Crippen LogP contribution in [0.4, 0.5) is 17.6 Å². The zero-order chi connectivity index (χ0) is 13.5. The van der Waals surface area contributed by atoms with Gasteiger partial charge in [-0.05, 0) is 19.8 Å². The molecular weight excluding hydrogens is 228 g/mol. The van der Waals surface area contributed by atoms with Crippen molar-refractivity contribution in [3.63, 3.8) is 0 Å². The van der Waals surface area contributed by atoms with E-state index in [1.807, 2.05) is 6.07 Å². The molecule has 1 atom stereocenters. The van der Waals surface area contributed by atoms with E-state index in [0.29, 0.717) is 11.9 Å². The number of nitrogen functional groups attached to an aromatic ring is 2. The number of rotatable bonds is 7. The van der Waals surface area contributed by atoms with Crippen molar-refractivity contribution in [1.82, 2.24) is 9.97 Å². The van der Waals surface area contributed by atoms with Crippen LogP contribution in [0.5, 0.6) is 0 Å². The number of nitrogens with one attached hydrogen (secondary N) is 1. The molecule has 102 valence electrons. The number of hydrogen-bond acceptors (Lipinski definition) is 6. The zero-order valence-electron chi connectivity index (χ0n) is 11.5. The molecule has 5 N–H and O–H groups in total. The van der Waals surface area contributed by atoms with Crippen LogP contribution in [0, 0.1) is 0 Å². The van der Waals surface area contributed by atoms with Gasteiger partial charge in [-0.3, -0.25) is 0 Å². The Morgan fingerprint density at radius 2 is 2.11 bits per heavy atom. The Hall–Kier alpha value is -1.56. The Morgan fingerprint density at radius 3 is 2.67 bits per heavy atom. The number of aromatic nitrogens is 2. The Kier molecular flexibility index (Phi) is 5.64. The van der Waals surface area contributed by atoms with E-state index in [0.717, 1.165) is 31.6 Å². The minimum atomic E-state index is 0.241. The fourth-order valence-corrected chi connectivity index (χ4v) is 1.78. The lowest BCUT2D eigenvalue weighted by Crippen LogP contribution is -2.34. The van der Waals surface area contributed by atoms with Crippen LogP contribution in [0.15, 0.2) is 6.07 Å². The molecule has 0 bridgehead atoms. The Morgan fingerprint density at radius 1 is 1.39 bits per heavy atom. The Labute approximate surface area is 109 Å². The molecule has 6 nitrogen and oxygen atoms in total. The first kappa shape index (κ1) is 14.5. The number of nitrogens with two attached hydrogens (primary N) is 2. The monoisotopic (exact) mass is 252 g/mol. The highest BCUT2D eigenvalue weighted by Gasteiger charge is 2.15. The summed E-state index contributed by atoms with van der Waals surface area (Å²) < 4.78 is 0. The first-order valence-corrected chi connectivity index (χ1v) is 6.50. The van der Waals surface area contributed by atoms with Gasteiger partial charge in [0.15, 0.2) is 0 Å². The molecule has 1 heterocycles.